The zero-order valence-corrected chi connectivity index (χ0v) is 9.00. The summed E-state index contributed by atoms with van der Waals surface area (Å²) in [5.41, 5.74) is 0.125. The Morgan fingerprint density at radius 3 is 3.13 bits per heavy atom. The fourth-order valence-electron chi connectivity index (χ4n) is 1.45. The van der Waals surface area contributed by atoms with Crippen molar-refractivity contribution in [1.29, 1.82) is 0 Å². The van der Waals surface area contributed by atoms with Gasteiger partial charge in [0.25, 0.3) is 0 Å². The van der Waals surface area contributed by atoms with Gasteiger partial charge >= 0.3 is 5.97 Å². The van der Waals surface area contributed by atoms with Gasteiger partial charge in [-0.2, -0.15) is 0 Å². The van der Waals surface area contributed by atoms with E-state index in [-0.39, 0.29) is 5.69 Å². The summed E-state index contributed by atoms with van der Waals surface area (Å²) in [5.74, 6) is -0.969. The van der Waals surface area contributed by atoms with E-state index >= 15 is 0 Å². The fourth-order valence-corrected chi connectivity index (χ4v) is 2.30. The maximum absolute atomic E-state index is 10.7. The third-order valence-electron chi connectivity index (χ3n) is 2.20. The zero-order valence-electron chi connectivity index (χ0n) is 8.18. The molecule has 0 aliphatic carbocycles. The van der Waals surface area contributed by atoms with Crippen LogP contribution in [0.2, 0.25) is 0 Å². The summed E-state index contributed by atoms with van der Waals surface area (Å²) in [7, 11) is 0. The summed E-state index contributed by atoms with van der Waals surface area (Å²) in [6.45, 7) is 3.12. The van der Waals surface area contributed by atoms with Gasteiger partial charge in [-0.25, -0.2) is 9.78 Å². The van der Waals surface area contributed by atoms with Gasteiger partial charge in [0.05, 0.1) is 6.61 Å². The molecule has 1 fully saturated rings. The van der Waals surface area contributed by atoms with Crippen LogP contribution in [-0.4, -0.2) is 42.4 Å². The van der Waals surface area contributed by atoms with Gasteiger partial charge in [0, 0.05) is 25.1 Å². The Balaban J connectivity index is 2.10. The van der Waals surface area contributed by atoms with Crippen LogP contribution in [0.25, 0.3) is 0 Å². The highest BCUT2D eigenvalue weighted by molar-refractivity contribution is 7.13. The summed E-state index contributed by atoms with van der Waals surface area (Å²) < 4.78 is 5.32. The van der Waals surface area contributed by atoms with Gasteiger partial charge in [-0.15, -0.1) is 11.3 Å². The van der Waals surface area contributed by atoms with Crippen LogP contribution in [0.3, 0.4) is 0 Å². The molecule has 0 bridgehead atoms. The van der Waals surface area contributed by atoms with E-state index < -0.39 is 5.97 Å². The van der Waals surface area contributed by atoms with E-state index in [2.05, 4.69) is 9.88 Å². The van der Waals surface area contributed by atoms with Crippen LogP contribution >= 0.6 is 11.3 Å². The molecule has 5 nitrogen and oxygen atoms in total. The number of rotatable bonds is 2. The molecule has 0 radical (unpaired) electrons. The van der Waals surface area contributed by atoms with Gasteiger partial charge in [-0.3, -0.25) is 0 Å². The number of ether oxygens (including phenoxy) is 1. The van der Waals surface area contributed by atoms with Crippen LogP contribution < -0.4 is 4.90 Å². The van der Waals surface area contributed by atoms with Gasteiger partial charge in [-0.1, -0.05) is 0 Å². The Hall–Kier alpha value is -1.14. The van der Waals surface area contributed by atoms with Gasteiger partial charge in [-0.05, 0) is 6.42 Å². The molecule has 0 atom stereocenters. The number of carbonyl (C=O) groups is 1. The molecule has 1 saturated heterocycles. The molecule has 82 valence electrons. The first-order valence-corrected chi connectivity index (χ1v) is 5.67. The number of hydrogen-bond acceptors (Lipinski definition) is 5. The summed E-state index contributed by atoms with van der Waals surface area (Å²) in [4.78, 5) is 16.8. The molecule has 1 aliphatic heterocycles. The van der Waals surface area contributed by atoms with Crippen LogP contribution in [0.15, 0.2) is 5.38 Å². The number of aromatic nitrogens is 1. The van der Waals surface area contributed by atoms with Crippen molar-refractivity contribution < 1.29 is 14.6 Å². The summed E-state index contributed by atoms with van der Waals surface area (Å²) in [6, 6.07) is 0. The monoisotopic (exact) mass is 228 g/mol. The average Bonchev–Trinajstić information content (AvgIpc) is 2.55. The fraction of sp³-hybridized carbons (Fsp3) is 0.556. The standard InChI is InChI=1S/C9H12N2O3S/c12-8(13)7-6-15-9(10-7)11-2-1-4-14-5-3-11/h6H,1-5H2,(H,12,13). The summed E-state index contributed by atoms with van der Waals surface area (Å²) >= 11 is 1.37. The molecule has 2 heterocycles. The summed E-state index contributed by atoms with van der Waals surface area (Å²) in [5, 5.41) is 11.1. The van der Waals surface area contributed by atoms with Gasteiger partial charge in [0.1, 0.15) is 0 Å². The molecule has 1 aliphatic rings. The second-order valence-electron chi connectivity index (χ2n) is 3.27. The quantitative estimate of drug-likeness (QED) is 0.820. The lowest BCUT2D eigenvalue weighted by Crippen LogP contribution is -2.25. The lowest BCUT2D eigenvalue weighted by molar-refractivity contribution is 0.0691. The molecular weight excluding hydrogens is 216 g/mol. The normalized spacial score (nSPS) is 17.5. The van der Waals surface area contributed by atoms with Gasteiger partial charge in [0.15, 0.2) is 10.8 Å². The second kappa shape index (κ2) is 4.59. The SMILES string of the molecule is O=C(O)c1csc(N2CCCOCC2)n1. The third kappa shape index (κ3) is 2.45. The van der Waals surface area contributed by atoms with Crippen LogP contribution in [0.4, 0.5) is 5.13 Å². The highest BCUT2D eigenvalue weighted by Gasteiger charge is 2.15. The minimum absolute atomic E-state index is 0.125. The van der Waals surface area contributed by atoms with E-state index in [4.69, 9.17) is 9.84 Å². The molecule has 1 aromatic heterocycles. The largest absolute Gasteiger partial charge is 0.476 e. The van der Waals surface area contributed by atoms with Crippen molar-refractivity contribution in [1.82, 2.24) is 4.98 Å². The van der Waals surface area contributed by atoms with Crippen LogP contribution in [0, 0.1) is 0 Å². The number of hydrogen-bond donors (Lipinski definition) is 1. The second-order valence-corrected chi connectivity index (χ2v) is 4.11. The van der Waals surface area contributed by atoms with Crippen molar-refractivity contribution >= 4 is 22.4 Å². The maximum atomic E-state index is 10.7. The number of nitrogens with zero attached hydrogens (tertiary/aromatic N) is 2. The van der Waals surface area contributed by atoms with Crippen LogP contribution in [0.1, 0.15) is 16.9 Å². The number of aromatic carboxylic acids is 1. The van der Waals surface area contributed by atoms with Crippen molar-refractivity contribution in [2.45, 2.75) is 6.42 Å². The Bertz CT molecular complexity index is 345. The summed E-state index contributed by atoms with van der Waals surface area (Å²) in [6.07, 6.45) is 0.960. The number of carboxylic acid groups (broad SMARTS) is 1. The molecule has 15 heavy (non-hydrogen) atoms. The average molecular weight is 228 g/mol. The number of carboxylic acids is 1. The Kier molecular flexibility index (Phi) is 3.17. The Morgan fingerprint density at radius 1 is 1.53 bits per heavy atom. The first kappa shape index (κ1) is 10.4. The highest BCUT2D eigenvalue weighted by Crippen LogP contribution is 2.21. The van der Waals surface area contributed by atoms with E-state index in [0.717, 1.165) is 31.2 Å². The number of anilines is 1. The maximum Gasteiger partial charge on any atom is 0.355 e. The van der Waals surface area contributed by atoms with E-state index in [1.807, 2.05) is 0 Å². The first-order chi connectivity index (χ1) is 7.27. The molecule has 0 unspecified atom stereocenters. The predicted molar refractivity (Wildman–Crippen MR) is 56.7 cm³/mol. The van der Waals surface area contributed by atoms with Crippen molar-refractivity contribution in [2.75, 3.05) is 31.2 Å². The van der Waals surface area contributed by atoms with E-state index in [9.17, 15) is 4.79 Å². The van der Waals surface area contributed by atoms with E-state index in [0.29, 0.717) is 6.61 Å². The van der Waals surface area contributed by atoms with Crippen molar-refractivity contribution in [2.24, 2.45) is 0 Å². The molecule has 0 spiro atoms. The van der Waals surface area contributed by atoms with Crippen LogP contribution in [0.5, 0.6) is 0 Å². The zero-order chi connectivity index (χ0) is 10.7. The lowest BCUT2D eigenvalue weighted by Gasteiger charge is -2.17. The van der Waals surface area contributed by atoms with Crippen molar-refractivity contribution in [3.8, 4) is 0 Å². The van der Waals surface area contributed by atoms with E-state index in [1.54, 1.807) is 5.38 Å². The minimum atomic E-state index is -0.969. The van der Waals surface area contributed by atoms with Crippen LogP contribution in [-0.2, 0) is 4.74 Å². The molecule has 2 rings (SSSR count). The molecule has 0 amide bonds. The van der Waals surface area contributed by atoms with Crippen molar-refractivity contribution in [3.05, 3.63) is 11.1 Å². The molecule has 0 aromatic carbocycles. The predicted octanol–water partition coefficient (Wildman–Crippen LogP) is 1.07. The third-order valence-corrected chi connectivity index (χ3v) is 3.11. The minimum Gasteiger partial charge on any atom is -0.476 e. The molecule has 0 saturated carbocycles. The number of thiazole rings is 1. The topological polar surface area (TPSA) is 62.7 Å². The molecular formula is C9H12N2O3S. The smallest absolute Gasteiger partial charge is 0.355 e. The molecule has 6 heteroatoms. The highest BCUT2D eigenvalue weighted by atomic mass is 32.1. The van der Waals surface area contributed by atoms with Crippen molar-refractivity contribution in [3.63, 3.8) is 0 Å². The Labute approximate surface area is 91.3 Å². The van der Waals surface area contributed by atoms with E-state index in [1.165, 1.54) is 11.3 Å². The Morgan fingerprint density at radius 2 is 2.40 bits per heavy atom. The first-order valence-electron chi connectivity index (χ1n) is 4.79. The van der Waals surface area contributed by atoms with Gasteiger partial charge < -0.3 is 14.7 Å². The van der Waals surface area contributed by atoms with Gasteiger partial charge in [0.2, 0.25) is 0 Å². The molecule has 1 aromatic rings. The lowest BCUT2D eigenvalue weighted by atomic mass is 10.4. The molecule has 1 N–H and O–H groups in total.